The highest BCUT2D eigenvalue weighted by atomic mass is 19.1. The van der Waals surface area contributed by atoms with Gasteiger partial charge in [0.25, 0.3) is 0 Å². The molecule has 0 bridgehead atoms. The van der Waals surface area contributed by atoms with Crippen LogP contribution in [0.25, 0.3) is 0 Å². The van der Waals surface area contributed by atoms with Crippen LogP contribution in [0.2, 0.25) is 0 Å². The highest BCUT2D eigenvalue weighted by Crippen LogP contribution is 2.22. The van der Waals surface area contributed by atoms with Gasteiger partial charge in [0.2, 0.25) is 5.89 Å². The van der Waals surface area contributed by atoms with Crippen LogP contribution in [0.1, 0.15) is 37.2 Å². The van der Waals surface area contributed by atoms with Gasteiger partial charge in [-0.15, -0.1) is 0 Å². The van der Waals surface area contributed by atoms with Crippen molar-refractivity contribution in [3.8, 4) is 0 Å². The fraction of sp³-hybridized carbons (Fsp3) is 0.647. The minimum atomic E-state index is -0.789. The number of furan rings is 1. The number of alkyl halides is 1. The molecule has 0 radical (unpaired) electrons. The highest BCUT2D eigenvalue weighted by Gasteiger charge is 2.32. The number of aryl methyl sites for hydroxylation is 2. The zero-order chi connectivity index (χ0) is 16.9. The molecule has 3 rings (SSSR count). The molecule has 1 aliphatic heterocycles. The Bertz CT molecular complexity index is 616. The van der Waals surface area contributed by atoms with Gasteiger partial charge in [-0.25, -0.2) is 4.39 Å². The van der Waals surface area contributed by atoms with Crippen molar-refractivity contribution in [2.75, 3.05) is 13.1 Å². The van der Waals surface area contributed by atoms with Gasteiger partial charge in [-0.05, 0) is 31.9 Å². The number of hydrogen-bond donors (Lipinski definition) is 1. The van der Waals surface area contributed by atoms with Crippen LogP contribution in [0.5, 0.6) is 0 Å². The van der Waals surface area contributed by atoms with Crippen molar-refractivity contribution in [2.24, 2.45) is 0 Å². The fourth-order valence-corrected chi connectivity index (χ4v) is 3.17. The van der Waals surface area contributed by atoms with Crippen molar-refractivity contribution in [2.45, 2.75) is 57.9 Å². The number of nitrogens with zero attached hydrogens (tertiary/aromatic N) is 3. The summed E-state index contributed by atoms with van der Waals surface area (Å²) in [5.41, 5.74) is 0. The first kappa shape index (κ1) is 17.1. The van der Waals surface area contributed by atoms with E-state index in [0.717, 1.165) is 25.1 Å². The van der Waals surface area contributed by atoms with E-state index in [9.17, 15) is 4.39 Å². The quantitative estimate of drug-likeness (QED) is 0.799. The molecule has 1 aliphatic rings. The molecule has 0 amide bonds. The number of likely N-dealkylation sites (tertiary alicyclic amines) is 1. The Morgan fingerprint density at radius 1 is 1.50 bits per heavy atom. The molecule has 1 fully saturated rings. The summed E-state index contributed by atoms with van der Waals surface area (Å²) in [4.78, 5) is 6.31. The summed E-state index contributed by atoms with van der Waals surface area (Å²) in [6.45, 7) is 5.64. The fourth-order valence-electron chi connectivity index (χ4n) is 3.17. The standard InChI is InChI=1S/C17H25FN4O2/c1-12(5-6-16-4-3-7-23-16)19-9-15-8-14(18)10-22(15)11-17-20-13(2)24-21-17/h3-4,7,12,14-15,19H,5-6,8-11H2,1-2H3/t12?,14-,15-/m0/s1. The molecule has 0 aliphatic carbocycles. The maximum Gasteiger partial charge on any atom is 0.223 e. The molecule has 7 heteroatoms. The maximum atomic E-state index is 13.8. The predicted octanol–water partition coefficient (Wildman–Crippen LogP) is 2.49. The normalized spacial score (nSPS) is 23.0. The van der Waals surface area contributed by atoms with Gasteiger partial charge in [-0.3, -0.25) is 4.90 Å². The largest absolute Gasteiger partial charge is 0.469 e. The second-order valence-corrected chi connectivity index (χ2v) is 6.57. The molecular formula is C17H25FN4O2. The lowest BCUT2D eigenvalue weighted by Crippen LogP contribution is -2.41. The molecule has 24 heavy (non-hydrogen) atoms. The molecular weight excluding hydrogens is 311 g/mol. The first-order chi connectivity index (χ1) is 11.6. The molecule has 6 nitrogen and oxygen atoms in total. The van der Waals surface area contributed by atoms with Crippen LogP contribution in [0.15, 0.2) is 27.3 Å². The van der Waals surface area contributed by atoms with Gasteiger partial charge in [0.05, 0.1) is 12.8 Å². The molecule has 0 aromatic carbocycles. The van der Waals surface area contributed by atoms with Gasteiger partial charge in [0.1, 0.15) is 11.9 Å². The molecule has 1 saturated heterocycles. The molecule has 0 saturated carbocycles. The van der Waals surface area contributed by atoms with Crippen LogP contribution in [0, 0.1) is 6.92 Å². The average molecular weight is 336 g/mol. The van der Waals surface area contributed by atoms with Crippen LogP contribution in [0.4, 0.5) is 4.39 Å². The maximum absolute atomic E-state index is 13.8. The summed E-state index contributed by atoms with van der Waals surface area (Å²) in [7, 11) is 0. The Morgan fingerprint density at radius 2 is 2.38 bits per heavy atom. The second kappa shape index (κ2) is 7.90. The molecule has 2 aromatic rings. The summed E-state index contributed by atoms with van der Waals surface area (Å²) in [6.07, 6.45) is 3.36. The van der Waals surface area contributed by atoms with E-state index in [1.165, 1.54) is 0 Å². The van der Waals surface area contributed by atoms with E-state index in [4.69, 9.17) is 8.94 Å². The zero-order valence-electron chi connectivity index (χ0n) is 14.2. The van der Waals surface area contributed by atoms with Crippen LogP contribution < -0.4 is 5.32 Å². The first-order valence-corrected chi connectivity index (χ1v) is 8.53. The monoisotopic (exact) mass is 336 g/mol. The predicted molar refractivity (Wildman–Crippen MR) is 87.2 cm³/mol. The minimum Gasteiger partial charge on any atom is -0.469 e. The number of rotatable bonds is 8. The lowest BCUT2D eigenvalue weighted by molar-refractivity contribution is 0.218. The van der Waals surface area contributed by atoms with Crippen molar-refractivity contribution < 1.29 is 13.3 Å². The number of hydrogen-bond acceptors (Lipinski definition) is 6. The van der Waals surface area contributed by atoms with E-state index in [1.807, 2.05) is 12.1 Å². The smallest absolute Gasteiger partial charge is 0.223 e. The molecule has 0 spiro atoms. The Labute approximate surface area is 141 Å². The van der Waals surface area contributed by atoms with Crippen LogP contribution in [-0.4, -0.2) is 46.4 Å². The highest BCUT2D eigenvalue weighted by molar-refractivity contribution is 4.98. The van der Waals surface area contributed by atoms with Gasteiger partial charge in [0, 0.05) is 38.5 Å². The van der Waals surface area contributed by atoms with Crippen molar-refractivity contribution in [1.29, 1.82) is 0 Å². The van der Waals surface area contributed by atoms with Crippen LogP contribution in [0.3, 0.4) is 0 Å². The Kier molecular flexibility index (Phi) is 5.63. The summed E-state index contributed by atoms with van der Waals surface area (Å²) < 4.78 is 24.2. The zero-order valence-corrected chi connectivity index (χ0v) is 14.2. The number of halogens is 1. The van der Waals surface area contributed by atoms with Gasteiger partial charge < -0.3 is 14.3 Å². The lowest BCUT2D eigenvalue weighted by Gasteiger charge is -2.24. The van der Waals surface area contributed by atoms with Crippen molar-refractivity contribution in [3.05, 3.63) is 35.9 Å². The van der Waals surface area contributed by atoms with E-state index < -0.39 is 6.17 Å². The Morgan fingerprint density at radius 3 is 3.08 bits per heavy atom. The molecule has 2 aromatic heterocycles. The van der Waals surface area contributed by atoms with Gasteiger partial charge in [0.15, 0.2) is 5.82 Å². The third-order valence-electron chi connectivity index (χ3n) is 4.50. The number of aromatic nitrogens is 2. The van der Waals surface area contributed by atoms with E-state index in [0.29, 0.717) is 37.3 Å². The van der Waals surface area contributed by atoms with Crippen molar-refractivity contribution in [1.82, 2.24) is 20.4 Å². The Hall–Kier alpha value is -1.73. The summed E-state index contributed by atoms with van der Waals surface area (Å²) in [5.74, 6) is 2.17. The van der Waals surface area contributed by atoms with E-state index >= 15 is 0 Å². The van der Waals surface area contributed by atoms with Crippen LogP contribution >= 0.6 is 0 Å². The summed E-state index contributed by atoms with van der Waals surface area (Å²) >= 11 is 0. The average Bonchev–Trinajstić information content (AvgIpc) is 3.26. The second-order valence-electron chi connectivity index (χ2n) is 6.57. The molecule has 1 unspecified atom stereocenters. The topological polar surface area (TPSA) is 67.3 Å². The first-order valence-electron chi connectivity index (χ1n) is 8.53. The van der Waals surface area contributed by atoms with Crippen molar-refractivity contribution >= 4 is 0 Å². The van der Waals surface area contributed by atoms with E-state index in [-0.39, 0.29) is 6.04 Å². The Balaban J connectivity index is 1.45. The third kappa shape index (κ3) is 4.64. The van der Waals surface area contributed by atoms with Crippen LogP contribution in [-0.2, 0) is 13.0 Å². The molecule has 132 valence electrons. The third-order valence-corrected chi connectivity index (χ3v) is 4.50. The van der Waals surface area contributed by atoms with E-state index in [2.05, 4.69) is 27.3 Å². The molecule has 1 N–H and O–H groups in total. The van der Waals surface area contributed by atoms with Gasteiger partial charge in [-0.1, -0.05) is 5.16 Å². The summed E-state index contributed by atoms with van der Waals surface area (Å²) in [5, 5.41) is 7.43. The molecule has 3 heterocycles. The summed E-state index contributed by atoms with van der Waals surface area (Å²) in [6, 6.07) is 4.41. The minimum absolute atomic E-state index is 0.157. The number of nitrogens with one attached hydrogen (secondary N) is 1. The SMILES string of the molecule is Cc1nc(CN2C[C@@H](F)C[C@H]2CNC(C)CCc2ccco2)no1. The molecule has 3 atom stereocenters. The van der Waals surface area contributed by atoms with Crippen molar-refractivity contribution in [3.63, 3.8) is 0 Å². The van der Waals surface area contributed by atoms with E-state index in [1.54, 1.807) is 13.2 Å². The van der Waals surface area contributed by atoms with Gasteiger partial charge >= 0.3 is 0 Å². The van der Waals surface area contributed by atoms with Gasteiger partial charge in [-0.2, -0.15) is 4.98 Å². The lowest BCUT2D eigenvalue weighted by atomic mass is 10.1.